The number of alkyl carbamates (subject to hydrolysis) is 1. The molecular weight excluding hydrogens is 312 g/mol. The first-order valence-electron chi connectivity index (χ1n) is 7.82. The van der Waals surface area contributed by atoms with E-state index in [-0.39, 0.29) is 5.97 Å². The molecule has 1 heterocycles. The van der Waals surface area contributed by atoms with Gasteiger partial charge in [0.05, 0.1) is 24.7 Å². The van der Waals surface area contributed by atoms with Crippen LogP contribution in [0, 0.1) is 0 Å². The zero-order valence-corrected chi connectivity index (χ0v) is 15.2. The Hall–Kier alpha value is -2.09. The molecule has 1 atom stereocenters. The highest BCUT2D eigenvalue weighted by Gasteiger charge is 2.27. The van der Waals surface area contributed by atoms with Gasteiger partial charge < -0.3 is 25.1 Å². The van der Waals surface area contributed by atoms with Gasteiger partial charge in [0, 0.05) is 19.2 Å². The molecule has 0 fully saturated rings. The van der Waals surface area contributed by atoms with Gasteiger partial charge in [-0.25, -0.2) is 9.78 Å². The van der Waals surface area contributed by atoms with E-state index in [9.17, 15) is 9.59 Å². The topological polar surface area (TPSA) is 105 Å². The number of carbonyl (C=O) groups is 2. The predicted molar refractivity (Wildman–Crippen MR) is 89.5 cm³/mol. The van der Waals surface area contributed by atoms with Gasteiger partial charge in [-0.2, -0.15) is 0 Å². The standard InChI is InChI=1S/C16H28N4O4/c1-15(2,3)24-14(22)20-16(4,5)9-18-12(13(21)23-6)7-11-8-17-10-19-11/h8,10,12,18H,7,9H2,1-6H3,(H,17,19)(H,20,22)/t12-/m0/s1. The Morgan fingerprint density at radius 3 is 2.46 bits per heavy atom. The fourth-order valence-corrected chi connectivity index (χ4v) is 2.00. The Balaban J connectivity index is 2.60. The molecule has 1 amide bonds. The SMILES string of the molecule is COC(=O)[C@H](Cc1c[nH]cn1)NCC(C)(C)NC(=O)OC(C)(C)C. The van der Waals surface area contributed by atoms with Gasteiger partial charge in [0.2, 0.25) is 0 Å². The molecule has 0 saturated carbocycles. The van der Waals surface area contributed by atoms with Gasteiger partial charge >= 0.3 is 12.1 Å². The lowest BCUT2D eigenvalue weighted by atomic mass is 10.0. The van der Waals surface area contributed by atoms with Crippen molar-refractivity contribution >= 4 is 12.1 Å². The number of methoxy groups -OCH3 is 1. The molecule has 0 aliphatic heterocycles. The van der Waals surface area contributed by atoms with Crippen LogP contribution in [0.5, 0.6) is 0 Å². The lowest BCUT2D eigenvalue weighted by molar-refractivity contribution is -0.143. The number of rotatable bonds is 7. The molecule has 0 spiro atoms. The zero-order chi connectivity index (χ0) is 18.4. The highest BCUT2D eigenvalue weighted by atomic mass is 16.6. The third kappa shape index (κ3) is 7.45. The number of nitrogens with one attached hydrogen (secondary N) is 3. The summed E-state index contributed by atoms with van der Waals surface area (Å²) in [5.74, 6) is -0.383. The predicted octanol–water partition coefficient (Wildman–Crippen LogP) is 1.39. The third-order valence-electron chi connectivity index (χ3n) is 3.08. The minimum Gasteiger partial charge on any atom is -0.468 e. The van der Waals surface area contributed by atoms with Crippen LogP contribution in [0.15, 0.2) is 12.5 Å². The van der Waals surface area contributed by atoms with Gasteiger partial charge in [-0.1, -0.05) is 0 Å². The van der Waals surface area contributed by atoms with Gasteiger partial charge in [-0.3, -0.25) is 4.79 Å². The average Bonchev–Trinajstić information content (AvgIpc) is 2.92. The van der Waals surface area contributed by atoms with E-state index in [4.69, 9.17) is 9.47 Å². The normalized spacial score (nSPS) is 13.2. The molecule has 0 bridgehead atoms. The first kappa shape index (κ1) is 20.0. The van der Waals surface area contributed by atoms with Gasteiger partial charge in [0.15, 0.2) is 0 Å². The number of nitrogens with zero attached hydrogens (tertiary/aromatic N) is 1. The number of amides is 1. The van der Waals surface area contributed by atoms with E-state index in [1.807, 2.05) is 13.8 Å². The number of ether oxygens (including phenoxy) is 2. The highest BCUT2D eigenvalue weighted by molar-refractivity contribution is 5.76. The molecular formula is C16H28N4O4. The van der Waals surface area contributed by atoms with Crippen molar-refractivity contribution in [2.45, 2.75) is 58.2 Å². The summed E-state index contributed by atoms with van der Waals surface area (Å²) < 4.78 is 10.1. The number of imidazole rings is 1. The Morgan fingerprint density at radius 2 is 1.96 bits per heavy atom. The molecule has 136 valence electrons. The summed E-state index contributed by atoms with van der Waals surface area (Å²) in [6.45, 7) is 9.44. The fourth-order valence-electron chi connectivity index (χ4n) is 2.00. The van der Waals surface area contributed by atoms with Crippen LogP contribution in [-0.4, -0.2) is 52.9 Å². The van der Waals surface area contributed by atoms with E-state index in [1.54, 1.807) is 33.3 Å². The Labute approximate surface area is 142 Å². The monoisotopic (exact) mass is 340 g/mol. The van der Waals surface area contributed by atoms with Crippen molar-refractivity contribution in [1.29, 1.82) is 0 Å². The zero-order valence-electron chi connectivity index (χ0n) is 15.2. The van der Waals surface area contributed by atoms with Gasteiger partial charge in [-0.05, 0) is 34.6 Å². The molecule has 0 aromatic carbocycles. The van der Waals surface area contributed by atoms with Crippen molar-refractivity contribution in [3.8, 4) is 0 Å². The number of carbonyl (C=O) groups excluding carboxylic acids is 2. The summed E-state index contributed by atoms with van der Waals surface area (Å²) in [6, 6.07) is -0.557. The number of H-pyrrole nitrogens is 1. The maximum atomic E-state index is 11.9. The van der Waals surface area contributed by atoms with Crippen molar-refractivity contribution in [3.63, 3.8) is 0 Å². The molecule has 0 saturated heterocycles. The van der Waals surface area contributed by atoms with Gasteiger partial charge in [0.1, 0.15) is 11.6 Å². The second-order valence-corrected chi connectivity index (χ2v) is 7.23. The molecule has 1 rings (SSSR count). The Bertz CT molecular complexity index is 535. The number of hydrogen-bond acceptors (Lipinski definition) is 6. The third-order valence-corrected chi connectivity index (χ3v) is 3.08. The summed E-state index contributed by atoms with van der Waals surface area (Å²) in [7, 11) is 1.34. The molecule has 3 N–H and O–H groups in total. The van der Waals surface area contributed by atoms with Crippen LogP contribution in [0.3, 0.4) is 0 Å². The van der Waals surface area contributed by atoms with Gasteiger partial charge in [0.25, 0.3) is 0 Å². The molecule has 24 heavy (non-hydrogen) atoms. The van der Waals surface area contributed by atoms with Crippen molar-refractivity contribution in [2.24, 2.45) is 0 Å². The lowest BCUT2D eigenvalue weighted by Crippen LogP contribution is -2.54. The molecule has 8 nitrogen and oxygen atoms in total. The number of hydrogen-bond donors (Lipinski definition) is 3. The van der Waals surface area contributed by atoms with E-state index in [0.29, 0.717) is 13.0 Å². The van der Waals surface area contributed by atoms with Crippen LogP contribution >= 0.6 is 0 Å². The summed E-state index contributed by atoms with van der Waals surface area (Å²) in [5.41, 5.74) is -0.432. The number of aromatic amines is 1. The Morgan fingerprint density at radius 1 is 1.29 bits per heavy atom. The molecule has 0 aliphatic rings. The largest absolute Gasteiger partial charge is 0.468 e. The second-order valence-electron chi connectivity index (χ2n) is 7.23. The fraction of sp³-hybridized carbons (Fsp3) is 0.688. The van der Waals surface area contributed by atoms with Crippen molar-refractivity contribution in [3.05, 3.63) is 18.2 Å². The van der Waals surface area contributed by atoms with Crippen LogP contribution in [0.1, 0.15) is 40.3 Å². The lowest BCUT2D eigenvalue weighted by Gasteiger charge is -2.30. The molecule has 1 aromatic rings. The van der Waals surface area contributed by atoms with E-state index < -0.39 is 23.3 Å². The van der Waals surface area contributed by atoms with Crippen molar-refractivity contribution in [2.75, 3.05) is 13.7 Å². The molecule has 1 aromatic heterocycles. The van der Waals surface area contributed by atoms with Crippen LogP contribution in [0.2, 0.25) is 0 Å². The van der Waals surface area contributed by atoms with Crippen LogP contribution in [-0.2, 0) is 20.7 Å². The molecule has 8 heteroatoms. The molecule has 0 radical (unpaired) electrons. The van der Waals surface area contributed by atoms with E-state index in [2.05, 4.69) is 20.6 Å². The van der Waals surface area contributed by atoms with E-state index >= 15 is 0 Å². The number of esters is 1. The quantitative estimate of drug-likeness (QED) is 0.648. The highest BCUT2D eigenvalue weighted by Crippen LogP contribution is 2.10. The summed E-state index contributed by atoms with van der Waals surface area (Å²) in [5, 5.41) is 5.90. The summed E-state index contributed by atoms with van der Waals surface area (Å²) in [6.07, 6.45) is 3.16. The second kappa shape index (κ2) is 8.14. The van der Waals surface area contributed by atoms with Crippen LogP contribution < -0.4 is 10.6 Å². The maximum Gasteiger partial charge on any atom is 0.408 e. The summed E-state index contributed by atoms with van der Waals surface area (Å²) >= 11 is 0. The minimum absolute atomic E-state index is 0.358. The first-order valence-corrected chi connectivity index (χ1v) is 7.82. The summed E-state index contributed by atoms with van der Waals surface area (Å²) in [4.78, 5) is 30.8. The average molecular weight is 340 g/mol. The molecule has 0 unspecified atom stereocenters. The molecule has 0 aliphatic carbocycles. The maximum absolute atomic E-state index is 11.9. The van der Waals surface area contributed by atoms with Crippen molar-refractivity contribution in [1.82, 2.24) is 20.6 Å². The van der Waals surface area contributed by atoms with Gasteiger partial charge in [-0.15, -0.1) is 0 Å². The Kier molecular flexibility index (Phi) is 6.77. The van der Waals surface area contributed by atoms with Crippen LogP contribution in [0.4, 0.5) is 4.79 Å². The number of aromatic nitrogens is 2. The van der Waals surface area contributed by atoms with Crippen molar-refractivity contribution < 1.29 is 19.1 Å². The van der Waals surface area contributed by atoms with E-state index in [1.165, 1.54) is 7.11 Å². The van der Waals surface area contributed by atoms with Crippen LogP contribution in [0.25, 0.3) is 0 Å². The minimum atomic E-state index is -0.611. The smallest absolute Gasteiger partial charge is 0.408 e. The first-order chi connectivity index (χ1) is 11.0. The van der Waals surface area contributed by atoms with E-state index in [0.717, 1.165) is 5.69 Å².